The van der Waals surface area contributed by atoms with E-state index in [1.165, 1.54) is 0 Å². The molecule has 0 radical (unpaired) electrons. The summed E-state index contributed by atoms with van der Waals surface area (Å²) in [4.78, 5) is 29.3. The Hall–Kier alpha value is -3.23. The highest BCUT2D eigenvalue weighted by Crippen LogP contribution is 2.27. The zero-order valence-corrected chi connectivity index (χ0v) is 18.1. The summed E-state index contributed by atoms with van der Waals surface area (Å²) in [5.74, 6) is -0.260. The fourth-order valence-electron chi connectivity index (χ4n) is 4.11. The first-order chi connectivity index (χ1) is 15.6. The number of hydrogen-bond acceptors (Lipinski definition) is 5. The number of fused-ring (bicyclic) bond motifs is 1. The van der Waals surface area contributed by atoms with Crippen LogP contribution >= 0.6 is 11.6 Å². The van der Waals surface area contributed by atoms with Crippen LogP contribution in [0.25, 0.3) is 0 Å². The third-order valence-electron chi connectivity index (χ3n) is 5.90. The molecule has 3 aromatic rings. The second-order valence-corrected chi connectivity index (χ2v) is 8.31. The van der Waals surface area contributed by atoms with Crippen molar-refractivity contribution in [3.8, 4) is 0 Å². The van der Waals surface area contributed by atoms with Crippen LogP contribution in [0.1, 0.15) is 38.2 Å². The van der Waals surface area contributed by atoms with E-state index in [-0.39, 0.29) is 24.5 Å². The Morgan fingerprint density at radius 1 is 0.938 bits per heavy atom. The third-order valence-corrected chi connectivity index (χ3v) is 6.13. The molecular weight excluding hydrogens is 430 g/mol. The van der Waals surface area contributed by atoms with Crippen molar-refractivity contribution in [2.45, 2.75) is 19.3 Å². The molecule has 0 saturated carbocycles. The molecular formula is C23H22ClN5O3. The first-order valence-corrected chi connectivity index (χ1v) is 10.9. The zero-order valence-electron chi connectivity index (χ0n) is 17.4. The number of nitrogens with zero attached hydrogens (tertiary/aromatic N) is 5. The van der Waals surface area contributed by atoms with Gasteiger partial charge in [0.25, 0.3) is 11.8 Å². The molecule has 1 saturated heterocycles. The lowest BCUT2D eigenvalue weighted by Gasteiger charge is -2.34. The number of aromatic nitrogens is 3. The van der Waals surface area contributed by atoms with Crippen LogP contribution in [0.3, 0.4) is 0 Å². The van der Waals surface area contributed by atoms with E-state index in [1.807, 2.05) is 30.3 Å². The molecule has 2 aromatic carbocycles. The third kappa shape index (κ3) is 3.99. The maximum absolute atomic E-state index is 13.1. The summed E-state index contributed by atoms with van der Waals surface area (Å²) in [6.07, 6.45) is -0.116. The highest BCUT2D eigenvalue weighted by Gasteiger charge is 2.32. The average Bonchev–Trinajstić information content (AvgIpc) is 3.27. The smallest absolute Gasteiger partial charge is 0.276 e. The number of halogens is 1. The SMILES string of the molecule is O=C(c1cccc(Cl)c1)N1CCN(C(=O)c2nnn3c2CO[C@H](c2ccccc2)C3)CC1. The minimum atomic E-state index is -0.178. The number of carbonyl (C=O) groups excluding carboxylic acids is 2. The largest absolute Gasteiger partial charge is 0.365 e. The summed E-state index contributed by atoms with van der Waals surface area (Å²) < 4.78 is 7.76. The lowest BCUT2D eigenvalue weighted by atomic mass is 10.1. The van der Waals surface area contributed by atoms with Gasteiger partial charge >= 0.3 is 0 Å². The molecule has 2 aliphatic rings. The molecule has 8 nitrogen and oxygen atoms in total. The summed E-state index contributed by atoms with van der Waals surface area (Å²) in [6, 6.07) is 16.8. The van der Waals surface area contributed by atoms with E-state index in [9.17, 15) is 9.59 Å². The maximum atomic E-state index is 13.1. The second kappa shape index (κ2) is 8.72. The lowest BCUT2D eigenvalue weighted by Crippen LogP contribution is -2.50. The van der Waals surface area contributed by atoms with Gasteiger partial charge in [0, 0.05) is 36.8 Å². The summed E-state index contributed by atoms with van der Waals surface area (Å²) in [5.41, 5.74) is 2.64. The molecule has 3 heterocycles. The molecule has 0 aliphatic carbocycles. The molecule has 9 heteroatoms. The Morgan fingerprint density at radius 3 is 2.38 bits per heavy atom. The van der Waals surface area contributed by atoms with Crippen molar-refractivity contribution >= 4 is 23.4 Å². The van der Waals surface area contributed by atoms with Crippen LogP contribution in [0, 0.1) is 0 Å². The average molecular weight is 452 g/mol. The van der Waals surface area contributed by atoms with Crippen LogP contribution in [0.5, 0.6) is 0 Å². The van der Waals surface area contributed by atoms with Gasteiger partial charge in [0.1, 0.15) is 6.10 Å². The van der Waals surface area contributed by atoms with E-state index in [0.29, 0.717) is 54.7 Å². The van der Waals surface area contributed by atoms with E-state index in [4.69, 9.17) is 16.3 Å². The van der Waals surface area contributed by atoms with Gasteiger partial charge in [0.15, 0.2) is 5.69 Å². The van der Waals surface area contributed by atoms with Gasteiger partial charge in [0.2, 0.25) is 0 Å². The van der Waals surface area contributed by atoms with E-state index < -0.39 is 0 Å². The van der Waals surface area contributed by atoms with Crippen LogP contribution in [-0.2, 0) is 17.9 Å². The van der Waals surface area contributed by atoms with Crippen molar-refractivity contribution in [1.29, 1.82) is 0 Å². The molecule has 0 unspecified atom stereocenters. The fraction of sp³-hybridized carbons (Fsp3) is 0.304. The highest BCUT2D eigenvalue weighted by atomic mass is 35.5. The van der Waals surface area contributed by atoms with Crippen LogP contribution < -0.4 is 0 Å². The number of benzene rings is 2. The fourth-order valence-corrected chi connectivity index (χ4v) is 4.30. The van der Waals surface area contributed by atoms with Crippen LogP contribution in [0.2, 0.25) is 5.02 Å². The summed E-state index contributed by atoms with van der Waals surface area (Å²) in [7, 11) is 0. The molecule has 0 bridgehead atoms. The molecule has 2 amide bonds. The van der Waals surface area contributed by atoms with E-state index in [2.05, 4.69) is 10.3 Å². The van der Waals surface area contributed by atoms with Crippen molar-refractivity contribution in [2.24, 2.45) is 0 Å². The van der Waals surface area contributed by atoms with Crippen LogP contribution in [0.15, 0.2) is 54.6 Å². The van der Waals surface area contributed by atoms with Gasteiger partial charge in [-0.2, -0.15) is 0 Å². The zero-order chi connectivity index (χ0) is 22.1. The number of carbonyl (C=O) groups is 2. The molecule has 0 spiro atoms. The Bertz CT molecular complexity index is 1140. The van der Waals surface area contributed by atoms with Crippen LogP contribution in [0.4, 0.5) is 0 Å². The Kier molecular flexibility index (Phi) is 5.63. The maximum Gasteiger partial charge on any atom is 0.276 e. The number of hydrogen-bond donors (Lipinski definition) is 0. The second-order valence-electron chi connectivity index (χ2n) is 7.87. The standard InChI is InChI=1S/C23H22ClN5O3/c24-18-8-4-7-17(13-18)22(30)27-9-11-28(12-10-27)23(31)21-19-15-32-20(14-29(19)26-25-21)16-5-2-1-3-6-16/h1-8,13,20H,9-12,14-15H2/t20-/m0/s1. The van der Waals surface area contributed by atoms with Gasteiger partial charge in [-0.1, -0.05) is 53.2 Å². The van der Waals surface area contributed by atoms with Gasteiger partial charge in [0.05, 0.1) is 18.8 Å². The summed E-state index contributed by atoms with van der Waals surface area (Å²) >= 11 is 6.00. The van der Waals surface area contributed by atoms with E-state index >= 15 is 0 Å². The van der Waals surface area contributed by atoms with Gasteiger partial charge in [-0.15, -0.1) is 5.10 Å². The van der Waals surface area contributed by atoms with Crippen molar-refractivity contribution in [3.05, 3.63) is 82.1 Å². The Morgan fingerprint density at radius 2 is 1.66 bits per heavy atom. The normalized spacial score (nSPS) is 18.3. The van der Waals surface area contributed by atoms with Gasteiger partial charge in [-0.25, -0.2) is 4.68 Å². The Balaban J connectivity index is 1.23. The van der Waals surface area contributed by atoms with Gasteiger partial charge < -0.3 is 14.5 Å². The molecule has 32 heavy (non-hydrogen) atoms. The molecule has 1 fully saturated rings. The molecule has 2 aliphatic heterocycles. The van der Waals surface area contributed by atoms with Gasteiger partial charge in [-0.3, -0.25) is 9.59 Å². The highest BCUT2D eigenvalue weighted by molar-refractivity contribution is 6.30. The van der Waals surface area contributed by atoms with Crippen molar-refractivity contribution < 1.29 is 14.3 Å². The number of ether oxygens (including phenoxy) is 1. The van der Waals surface area contributed by atoms with Gasteiger partial charge in [-0.05, 0) is 23.8 Å². The predicted octanol–water partition coefficient (Wildman–Crippen LogP) is 2.80. The summed E-state index contributed by atoms with van der Waals surface area (Å²) in [6.45, 7) is 2.57. The molecule has 1 atom stereocenters. The monoisotopic (exact) mass is 451 g/mol. The molecule has 1 aromatic heterocycles. The minimum Gasteiger partial charge on any atom is -0.365 e. The lowest BCUT2D eigenvalue weighted by molar-refractivity contribution is -0.00202. The number of rotatable bonds is 3. The quantitative estimate of drug-likeness (QED) is 0.611. The number of piperazine rings is 1. The number of amides is 2. The molecule has 164 valence electrons. The molecule has 0 N–H and O–H groups in total. The summed E-state index contributed by atoms with van der Waals surface area (Å²) in [5, 5.41) is 8.89. The van der Waals surface area contributed by atoms with E-state index in [0.717, 1.165) is 5.56 Å². The van der Waals surface area contributed by atoms with Crippen molar-refractivity contribution in [1.82, 2.24) is 24.8 Å². The van der Waals surface area contributed by atoms with Crippen molar-refractivity contribution in [2.75, 3.05) is 26.2 Å². The minimum absolute atomic E-state index is 0.0824. The van der Waals surface area contributed by atoms with Crippen molar-refractivity contribution in [3.63, 3.8) is 0 Å². The predicted molar refractivity (Wildman–Crippen MR) is 117 cm³/mol. The topological polar surface area (TPSA) is 80.6 Å². The first-order valence-electron chi connectivity index (χ1n) is 10.5. The van der Waals surface area contributed by atoms with E-state index in [1.54, 1.807) is 38.7 Å². The van der Waals surface area contributed by atoms with Crippen LogP contribution in [-0.4, -0.2) is 62.8 Å². The molecule has 5 rings (SSSR count). The first kappa shape index (κ1) is 20.7. The Labute approximate surface area is 190 Å².